The zero-order valence-electron chi connectivity index (χ0n) is 14.4. The molecule has 1 saturated heterocycles. The number of rotatable bonds is 4. The third-order valence-electron chi connectivity index (χ3n) is 4.96. The lowest BCUT2D eigenvalue weighted by molar-refractivity contribution is -0.136. The summed E-state index contributed by atoms with van der Waals surface area (Å²) in [4.78, 5) is 61.7. The summed E-state index contributed by atoms with van der Waals surface area (Å²) in [6.07, 6.45) is 1.94. The molecule has 0 bridgehead atoms. The molecule has 2 fully saturated rings. The van der Waals surface area contributed by atoms with E-state index in [-0.39, 0.29) is 55.8 Å². The van der Waals surface area contributed by atoms with Crippen LogP contribution in [0.15, 0.2) is 18.2 Å². The number of benzene rings is 1. The van der Waals surface area contributed by atoms with E-state index in [0.717, 1.165) is 17.7 Å². The van der Waals surface area contributed by atoms with Crippen LogP contribution in [0.4, 0.5) is 0 Å². The van der Waals surface area contributed by atoms with E-state index in [1.54, 1.807) is 12.1 Å². The number of hydrogen-bond donors (Lipinski definition) is 2. The van der Waals surface area contributed by atoms with Crippen LogP contribution in [-0.2, 0) is 20.9 Å². The number of hydrogen-bond acceptors (Lipinski definition) is 5. The number of fused-ring (bicyclic) bond motifs is 1. The summed E-state index contributed by atoms with van der Waals surface area (Å²) in [6.45, 7) is 0.153. The van der Waals surface area contributed by atoms with Gasteiger partial charge in [-0.2, -0.15) is 13.5 Å². The summed E-state index contributed by atoms with van der Waals surface area (Å²) < 4.78 is 0. The molecule has 2 N–H and O–H groups in total. The second-order valence-corrected chi connectivity index (χ2v) is 6.78. The first-order valence-corrected chi connectivity index (χ1v) is 8.58. The van der Waals surface area contributed by atoms with Gasteiger partial charge in [-0.25, -0.2) is 0 Å². The lowest BCUT2D eigenvalue weighted by Crippen LogP contribution is -2.54. The Labute approximate surface area is 162 Å². The molecule has 4 rings (SSSR count). The first kappa shape index (κ1) is 19.1. The topological polar surface area (TPSA) is 113 Å². The SMILES string of the molecule is O=C1CC[C@H](N2C(=O)c3cccc(CNC(=O)C4CC4)c3C2=O)C(=O)N1.S. The molecule has 3 aliphatic rings. The van der Waals surface area contributed by atoms with Crippen LogP contribution in [0.2, 0.25) is 0 Å². The summed E-state index contributed by atoms with van der Waals surface area (Å²) in [6, 6.07) is 3.88. The normalized spacial score (nSPS) is 21.5. The summed E-state index contributed by atoms with van der Waals surface area (Å²) in [7, 11) is 0. The molecule has 8 nitrogen and oxygen atoms in total. The number of imide groups is 2. The standard InChI is InChI=1S/C18H17N3O5.H2S/c22-13-7-6-12(16(24)20-13)21-17(25)11-3-1-2-10(14(11)18(21)26)8-19-15(23)9-4-5-9;/h1-3,9,12H,4-8H2,(H,19,23)(H,20,22,24);1H2/t12-;/m0./s1. The molecule has 1 saturated carbocycles. The number of nitrogens with one attached hydrogen (secondary N) is 2. The van der Waals surface area contributed by atoms with E-state index in [1.807, 2.05) is 0 Å². The van der Waals surface area contributed by atoms with E-state index in [9.17, 15) is 24.0 Å². The lowest BCUT2D eigenvalue weighted by atomic mass is 10.0. The molecular weight excluding hydrogens is 370 g/mol. The Morgan fingerprint density at radius 3 is 2.52 bits per heavy atom. The summed E-state index contributed by atoms with van der Waals surface area (Å²) in [5.74, 6) is -2.17. The molecule has 27 heavy (non-hydrogen) atoms. The Morgan fingerprint density at radius 1 is 1.11 bits per heavy atom. The molecule has 1 aromatic carbocycles. The van der Waals surface area contributed by atoms with Crippen molar-refractivity contribution in [3.05, 3.63) is 34.9 Å². The number of nitrogens with zero attached hydrogens (tertiary/aromatic N) is 1. The highest BCUT2D eigenvalue weighted by atomic mass is 32.1. The van der Waals surface area contributed by atoms with Crippen LogP contribution >= 0.6 is 13.5 Å². The van der Waals surface area contributed by atoms with Crippen LogP contribution in [0.25, 0.3) is 0 Å². The Kier molecular flexibility index (Phi) is 5.05. The zero-order chi connectivity index (χ0) is 18.4. The van der Waals surface area contributed by atoms with Gasteiger partial charge in [0.15, 0.2) is 0 Å². The first-order valence-electron chi connectivity index (χ1n) is 8.58. The van der Waals surface area contributed by atoms with Crippen LogP contribution in [0.5, 0.6) is 0 Å². The maximum absolute atomic E-state index is 12.9. The molecule has 142 valence electrons. The molecule has 0 unspecified atom stereocenters. The number of piperidine rings is 1. The van der Waals surface area contributed by atoms with Gasteiger partial charge in [-0.1, -0.05) is 12.1 Å². The van der Waals surface area contributed by atoms with E-state index in [4.69, 9.17) is 0 Å². The van der Waals surface area contributed by atoms with Gasteiger partial charge in [0.05, 0.1) is 11.1 Å². The molecular formula is C18H19N3O5S. The fourth-order valence-corrected chi connectivity index (χ4v) is 3.40. The van der Waals surface area contributed by atoms with E-state index < -0.39 is 29.7 Å². The maximum Gasteiger partial charge on any atom is 0.262 e. The van der Waals surface area contributed by atoms with Crippen LogP contribution < -0.4 is 10.6 Å². The van der Waals surface area contributed by atoms with Gasteiger partial charge in [-0.05, 0) is 30.9 Å². The molecule has 1 aliphatic carbocycles. The maximum atomic E-state index is 12.9. The summed E-state index contributed by atoms with van der Waals surface area (Å²) >= 11 is 0. The van der Waals surface area contributed by atoms with Crippen molar-refractivity contribution in [3.63, 3.8) is 0 Å². The highest BCUT2D eigenvalue weighted by Crippen LogP contribution is 2.31. The number of carbonyl (C=O) groups excluding carboxylic acids is 5. The highest BCUT2D eigenvalue weighted by Gasteiger charge is 2.45. The van der Waals surface area contributed by atoms with Gasteiger partial charge < -0.3 is 5.32 Å². The Balaban J connectivity index is 0.00000210. The predicted molar refractivity (Wildman–Crippen MR) is 98.1 cm³/mol. The second-order valence-electron chi connectivity index (χ2n) is 6.78. The van der Waals surface area contributed by atoms with E-state index in [0.29, 0.717) is 5.56 Å². The van der Waals surface area contributed by atoms with Crippen LogP contribution in [-0.4, -0.2) is 40.5 Å². The molecule has 2 heterocycles. The van der Waals surface area contributed by atoms with E-state index in [1.165, 1.54) is 6.07 Å². The predicted octanol–water partition coefficient (Wildman–Crippen LogP) is 0.227. The Hall–Kier alpha value is -2.68. The minimum atomic E-state index is -0.992. The van der Waals surface area contributed by atoms with Gasteiger partial charge in [0, 0.05) is 18.9 Å². The zero-order valence-corrected chi connectivity index (χ0v) is 15.4. The van der Waals surface area contributed by atoms with Crippen molar-refractivity contribution in [3.8, 4) is 0 Å². The van der Waals surface area contributed by atoms with Crippen molar-refractivity contribution in [2.24, 2.45) is 5.92 Å². The molecule has 1 aromatic rings. The lowest BCUT2D eigenvalue weighted by Gasteiger charge is -2.27. The van der Waals surface area contributed by atoms with Crippen molar-refractivity contribution in [1.82, 2.24) is 15.5 Å². The van der Waals surface area contributed by atoms with Crippen molar-refractivity contribution < 1.29 is 24.0 Å². The van der Waals surface area contributed by atoms with Crippen LogP contribution in [0.1, 0.15) is 52.0 Å². The molecule has 2 aliphatic heterocycles. The average molecular weight is 389 g/mol. The van der Waals surface area contributed by atoms with Gasteiger partial charge in [-0.15, -0.1) is 0 Å². The van der Waals surface area contributed by atoms with Crippen LogP contribution in [0, 0.1) is 5.92 Å². The third-order valence-corrected chi connectivity index (χ3v) is 4.96. The fourth-order valence-electron chi connectivity index (χ4n) is 3.40. The largest absolute Gasteiger partial charge is 0.352 e. The molecule has 5 amide bonds. The van der Waals surface area contributed by atoms with Gasteiger partial charge in [0.25, 0.3) is 11.8 Å². The number of carbonyl (C=O) groups is 5. The van der Waals surface area contributed by atoms with E-state index in [2.05, 4.69) is 10.6 Å². The monoisotopic (exact) mass is 389 g/mol. The third kappa shape index (κ3) is 3.34. The molecule has 0 aromatic heterocycles. The van der Waals surface area contributed by atoms with Gasteiger partial charge in [0.2, 0.25) is 17.7 Å². The minimum absolute atomic E-state index is 0. The van der Waals surface area contributed by atoms with Gasteiger partial charge in [-0.3, -0.25) is 34.2 Å². The van der Waals surface area contributed by atoms with Gasteiger partial charge >= 0.3 is 0 Å². The smallest absolute Gasteiger partial charge is 0.262 e. The second kappa shape index (κ2) is 7.15. The highest BCUT2D eigenvalue weighted by molar-refractivity contribution is 7.59. The fraction of sp³-hybridized carbons (Fsp3) is 0.389. The summed E-state index contributed by atoms with van der Waals surface area (Å²) in [5.41, 5.74) is 0.987. The molecule has 0 spiro atoms. The Morgan fingerprint density at radius 2 is 1.85 bits per heavy atom. The van der Waals surface area contributed by atoms with Crippen molar-refractivity contribution in [2.75, 3.05) is 0 Å². The van der Waals surface area contributed by atoms with Crippen molar-refractivity contribution >= 4 is 43.0 Å². The summed E-state index contributed by atoms with van der Waals surface area (Å²) in [5, 5.41) is 4.96. The first-order chi connectivity index (χ1) is 12.5. The molecule has 0 radical (unpaired) electrons. The van der Waals surface area contributed by atoms with E-state index >= 15 is 0 Å². The average Bonchev–Trinajstić information content (AvgIpc) is 3.42. The number of amides is 5. The minimum Gasteiger partial charge on any atom is -0.352 e. The van der Waals surface area contributed by atoms with Crippen molar-refractivity contribution in [2.45, 2.75) is 38.3 Å². The quantitative estimate of drug-likeness (QED) is 0.716. The molecule has 9 heteroatoms. The van der Waals surface area contributed by atoms with Crippen molar-refractivity contribution in [1.29, 1.82) is 0 Å². The van der Waals surface area contributed by atoms with Crippen LogP contribution in [0.3, 0.4) is 0 Å². The van der Waals surface area contributed by atoms with Gasteiger partial charge in [0.1, 0.15) is 6.04 Å². The molecule has 1 atom stereocenters. The Bertz CT molecular complexity index is 865.